The average molecular weight is 246 g/mol. The minimum Gasteiger partial charge on any atom is -0.505 e. The first-order valence-electron chi connectivity index (χ1n) is 6.15. The number of likely N-dealkylation sites (N-methyl/N-ethyl adjacent to an activating group) is 1. The van der Waals surface area contributed by atoms with Gasteiger partial charge in [0.2, 0.25) is 0 Å². The molecule has 2 rings (SSSR count). The van der Waals surface area contributed by atoms with Crippen molar-refractivity contribution in [2.45, 2.75) is 13.5 Å². The van der Waals surface area contributed by atoms with Gasteiger partial charge in [-0.15, -0.1) is 0 Å². The van der Waals surface area contributed by atoms with Crippen LogP contribution in [0.1, 0.15) is 12.5 Å². The number of benzene rings is 1. The lowest BCUT2D eigenvalue weighted by Crippen LogP contribution is -2.26. The molecule has 1 heterocycles. The third-order valence-electron chi connectivity index (χ3n) is 3.09. The Morgan fingerprint density at radius 3 is 2.83 bits per heavy atom. The van der Waals surface area contributed by atoms with Crippen LogP contribution < -0.4 is 0 Å². The van der Waals surface area contributed by atoms with Crippen LogP contribution in [-0.4, -0.2) is 39.8 Å². The second-order valence-electron chi connectivity index (χ2n) is 4.24. The van der Waals surface area contributed by atoms with Crippen LogP contribution in [0.4, 0.5) is 0 Å². The molecule has 0 bridgehead atoms. The van der Waals surface area contributed by atoms with Gasteiger partial charge in [0.25, 0.3) is 0 Å². The number of hydrogen-bond acceptors (Lipinski definition) is 4. The summed E-state index contributed by atoms with van der Waals surface area (Å²) in [5.74, 6) is 0.240. The summed E-state index contributed by atoms with van der Waals surface area (Å²) in [4.78, 5) is 6.28. The molecule has 0 saturated heterocycles. The molecule has 0 atom stereocenters. The van der Waals surface area contributed by atoms with E-state index in [2.05, 4.69) is 9.88 Å². The Morgan fingerprint density at radius 2 is 2.11 bits per heavy atom. The molecule has 0 radical (unpaired) electrons. The Bertz CT molecular complexity index is 528. The average Bonchev–Trinajstić information content (AvgIpc) is 2.41. The molecule has 96 valence electrons. The summed E-state index contributed by atoms with van der Waals surface area (Å²) in [6.45, 7) is 4.22. The summed E-state index contributed by atoms with van der Waals surface area (Å²) >= 11 is 0. The highest BCUT2D eigenvalue weighted by Crippen LogP contribution is 2.27. The molecule has 4 heteroatoms. The van der Waals surface area contributed by atoms with E-state index in [0.717, 1.165) is 17.5 Å². The van der Waals surface area contributed by atoms with Gasteiger partial charge in [-0.3, -0.25) is 9.88 Å². The second kappa shape index (κ2) is 5.80. The van der Waals surface area contributed by atoms with E-state index in [4.69, 9.17) is 5.11 Å². The number of aliphatic hydroxyl groups excluding tert-OH is 1. The van der Waals surface area contributed by atoms with Crippen LogP contribution in [0.2, 0.25) is 0 Å². The Hall–Kier alpha value is -1.65. The number of phenolic OH excluding ortho intramolecular Hbond substituents is 1. The van der Waals surface area contributed by atoms with E-state index in [9.17, 15) is 5.11 Å². The molecule has 4 nitrogen and oxygen atoms in total. The number of nitrogens with zero attached hydrogens (tertiary/aromatic N) is 2. The van der Waals surface area contributed by atoms with Gasteiger partial charge >= 0.3 is 0 Å². The van der Waals surface area contributed by atoms with Gasteiger partial charge in [-0.2, -0.15) is 0 Å². The molecule has 18 heavy (non-hydrogen) atoms. The quantitative estimate of drug-likeness (QED) is 0.844. The fourth-order valence-corrected chi connectivity index (χ4v) is 2.03. The molecule has 0 amide bonds. The molecular formula is C14H18N2O2. The van der Waals surface area contributed by atoms with Crippen LogP contribution in [0.25, 0.3) is 10.9 Å². The molecule has 0 aliphatic carbocycles. The van der Waals surface area contributed by atoms with Gasteiger partial charge in [0.05, 0.1) is 6.61 Å². The van der Waals surface area contributed by atoms with Gasteiger partial charge in [0, 0.05) is 30.2 Å². The number of fused-ring (bicyclic) bond motifs is 1. The van der Waals surface area contributed by atoms with E-state index in [1.807, 2.05) is 31.2 Å². The fourth-order valence-electron chi connectivity index (χ4n) is 2.03. The van der Waals surface area contributed by atoms with E-state index in [1.54, 1.807) is 6.20 Å². The summed E-state index contributed by atoms with van der Waals surface area (Å²) in [6, 6.07) is 7.66. The van der Waals surface area contributed by atoms with Crippen molar-refractivity contribution >= 4 is 10.9 Å². The maximum absolute atomic E-state index is 10.2. The largest absolute Gasteiger partial charge is 0.505 e. The number of aliphatic hydroxyl groups is 1. The first-order chi connectivity index (χ1) is 8.76. The minimum atomic E-state index is 0.125. The normalized spacial score (nSPS) is 11.3. The summed E-state index contributed by atoms with van der Waals surface area (Å²) < 4.78 is 0. The monoisotopic (exact) mass is 246 g/mol. The molecule has 0 saturated carbocycles. The molecule has 2 aromatic rings. The van der Waals surface area contributed by atoms with Crippen LogP contribution in [0.3, 0.4) is 0 Å². The van der Waals surface area contributed by atoms with Crippen LogP contribution in [-0.2, 0) is 6.54 Å². The smallest absolute Gasteiger partial charge is 0.146 e. The summed E-state index contributed by atoms with van der Waals surface area (Å²) in [5, 5.41) is 20.1. The summed E-state index contributed by atoms with van der Waals surface area (Å²) in [5.41, 5.74) is 1.48. The number of aromatic hydroxyl groups is 1. The lowest BCUT2D eigenvalue weighted by molar-refractivity contribution is 0.195. The van der Waals surface area contributed by atoms with Crippen molar-refractivity contribution in [3.63, 3.8) is 0 Å². The topological polar surface area (TPSA) is 56.6 Å². The molecule has 0 fully saturated rings. The number of hydrogen-bond donors (Lipinski definition) is 2. The maximum Gasteiger partial charge on any atom is 0.146 e. The molecule has 0 spiro atoms. The predicted octanol–water partition coefficient (Wildman–Crippen LogP) is 1.75. The van der Waals surface area contributed by atoms with Gasteiger partial charge < -0.3 is 10.2 Å². The fraction of sp³-hybridized carbons (Fsp3) is 0.357. The second-order valence-corrected chi connectivity index (χ2v) is 4.24. The van der Waals surface area contributed by atoms with Crippen molar-refractivity contribution in [1.29, 1.82) is 0 Å². The highest BCUT2D eigenvalue weighted by atomic mass is 16.3. The molecular weight excluding hydrogens is 228 g/mol. The lowest BCUT2D eigenvalue weighted by Gasteiger charge is -2.20. The van der Waals surface area contributed by atoms with Crippen molar-refractivity contribution in [3.8, 4) is 5.75 Å². The van der Waals surface area contributed by atoms with E-state index in [0.29, 0.717) is 18.6 Å². The van der Waals surface area contributed by atoms with Crippen molar-refractivity contribution in [1.82, 2.24) is 9.88 Å². The SMILES string of the molecule is CCN(CCO)Cc1ccc2cccnc2c1O. The Morgan fingerprint density at radius 1 is 1.28 bits per heavy atom. The van der Waals surface area contributed by atoms with Gasteiger partial charge in [0.1, 0.15) is 11.3 Å². The Balaban J connectivity index is 2.31. The number of aromatic nitrogens is 1. The molecule has 1 aromatic carbocycles. The first kappa shape index (κ1) is 12.8. The highest BCUT2D eigenvalue weighted by Gasteiger charge is 2.10. The Kier molecular flexibility index (Phi) is 4.12. The maximum atomic E-state index is 10.2. The van der Waals surface area contributed by atoms with Gasteiger partial charge in [-0.25, -0.2) is 0 Å². The van der Waals surface area contributed by atoms with Crippen molar-refractivity contribution in [3.05, 3.63) is 36.0 Å². The zero-order valence-electron chi connectivity index (χ0n) is 10.5. The molecule has 2 N–H and O–H groups in total. The molecule has 0 unspecified atom stereocenters. The number of phenols is 1. The van der Waals surface area contributed by atoms with Gasteiger partial charge in [-0.1, -0.05) is 25.1 Å². The van der Waals surface area contributed by atoms with Gasteiger partial charge in [0.15, 0.2) is 0 Å². The van der Waals surface area contributed by atoms with Crippen LogP contribution in [0, 0.1) is 0 Å². The predicted molar refractivity (Wildman–Crippen MR) is 71.4 cm³/mol. The summed E-state index contributed by atoms with van der Waals surface area (Å²) in [6.07, 6.45) is 1.68. The van der Waals surface area contributed by atoms with Crippen molar-refractivity contribution < 1.29 is 10.2 Å². The molecule has 0 aliphatic heterocycles. The third-order valence-corrected chi connectivity index (χ3v) is 3.09. The number of pyridine rings is 1. The third kappa shape index (κ3) is 2.60. The van der Waals surface area contributed by atoms with Crippen molar-refractivity contribution in [2.24, 2.45) is 0 Å². The van der Waals surface area contributed by atoms with Gasteiger partial charge in [-0.05, 0) is 12.6 Å². The van der Waals surface area contributed by atoms with E-state index in [-0.39, 0.29) is 12.4 Å². The minimum absolute atomic E-state index is 0.125. The standard InChI is InChI=1S/C14H18N2O2/c1-2-16(8-9-17)10-12-6-5-11-4-3-7-15-13(11)14(12)18/h3-7,17-18H,2,8-10H2,1H3. The molecule has 1 aromatic heterocycles. The Labute approximate surface area is 107 Å². The zero-order valence-corrected chi connectivity index (χ0v) is 10.5. The van der Waals surface area contributed by atoms with E-state index in [1.165, 1.54) is 0 Å². The highest BCUT2D eigenvalue weighted by molar-refractivity contribution is 5.85. The zero-order chi connectivity index (χ0) is 13.0. The number of rotatable bonds is 5. The van der Waals surface area contributed by atoms with E-state index < -0.39 is 0 Å². The summed E-state index contributed by atoms with van der Waals surface area (Å²) in [7, 11) is 0. The lowest BCUT2D eigenvalue weighted by atomic mass is 10.1. The van der Waals surface area contributed by atoms with Crippen LogP contribution >= 0.6 is 0 Å². The van der Waals surface area contributed by atoms with Crippen molar-refractivity contribution in [2.75, 3.05) is 19.7 Å². The van der Waals surface area contributed by atoms with Crippen LogP contribution in [0.15, 0.2) is 30.5 Å². The molecule has 0 aliphatic rings. The van der Waals surface area contributed by atoms with Crippen LogP contribution in [0.5, 0.6) is 5.75 Å². The van der Waals surface area contributed by atoms with E-state index >= 15 is 0 Å². The first-order valence-corrected chi connectivity index (χ1v) is 6.15.